The van der Waals surface area contributed by atoms with E-state index in [4.69, 9.17) is 4.74 Å². The number of benzene rings is 1. The van der Waals surface area contributed by atoms with Crippen molar-refractivity contribution in [2.45, 2.75) is 26.5 Å². The molecule has 2 nitrogen and oxygen atoms in total. The van der Waals surface area contributed by atoms with Gasteiger partial charge in [-0.2, -0.15) is 0 Å². The van der Waals surface area contributed by atoms with Crippen LogP contribution in [0.1, 0.15) is 25.5 Å². The second-order valence-corrected chi connectivity index (χ2v) is 5.17. The number of rotatable bonds is 3. The van der Waals surface area contributed by atoms with Crippen LogP contribution in [0.3, 0.4) is 0 Å². The first-order chi connectivity index (χ1) is 7.63. The zero-order valence-corrected chi connectivity index (χ0v) is 11.4. The topological polar surface area (TPSA) is 14.2 Å². The molecule has 0 saturated carbocycles. The first-order valence-electron chi connectivity index (χ1n) is 5.41. The van der Waals surface area contributed by atoms with E-state index >= 15 is 0 Å². The first kappa shape index (κ1) is 11.7. The van der Waals surface area contributed by atoms with Gasteiger partial charge >= 0.3 is 0 Å². The molecule has 2 rings (SSSR count). The third-order valence-electron chi connectivity index (χ3n) is 2.73. The lowest BCUT2D eigenvalue weighted by molar-refractivity contribution is 0.185. The zero-order chi connectivity index (χ0) is 11.7. The number of halogens is 1. The van der Waals surface area contributed by atoms with Crippen LogP contribution in [-0.2, 0) is 11.3 Å². The molecule has 0 saturated heterocycles. The van der Waals surface area contributed by atoms with Crippen molar-refractivity contribution < 1.29 is 4.74 Å². The van der Waals surface area contributed by atoms with Crippen molar-refractivity contribution in [3.63, 3.8) is 0 Å². The molecular formula is C13H16BrNO. The smallest absolute Gasteiger partial charge is 0.0733 e. The molecule has 86 valence electrons. The van der Waals surface area contributed by atoms with Crippen molar-refractivity contribution >= 4 is 26.8 Å². The van der Waals surface area contributed by atoms with Crippen molar-refractivity contribution in [3.8, 4) is 0 Å². The Hall–Kier alpha value is -0.800. The lowest BCUT2D eigenvalue weighted by Crippen LogP contribution is -1.97. The van der Waals surface area contributed by atoms with Gasteiger partial charge in [0.25, 0.3) is 0 Å². The number of ether oxygens (including phenoxy) is 1. The second kappa shape index (κ2) is 4.60. The van der Waals surface area contributed by atoms with Crippen LogP contribution >= 0.6 is 15.9 Å². The predicted molar refractivity (Wildman–Crippen MR) is 70.7 cm³/mol. The molecule has 0 unspecified atom stereocenters. The molecule has 0 N–H and O–H groups in total. The number of hydrogen-bond acceptors (Lipinski definition) is 1. The van der Waals surface area contributed by atoms with Crippen LogP contribution in [0.15, 0.2) is 28.9 Å². The molecule has 1 heterocycles. The number of fused-ring (bicyclic) bond motifs is 1. The molecule has 3 heteroatoms. The molecule has 0 aliphatic rings. The molecule has 1 aromatic heterocycles. The Kier molecular flexibility index (Phi) is 3.36. The molecular weight excluding hydrogens is 266 g/mol. The number of hydrogen-bond donors (Lipinski definition) is 0. The third kappa shape index (κ3) is 2.02. The number of aromatic nitrogens is 1. The molecule has 0 radical (unpaired) electrons. The van der Waals surface area contributed by atoms with Crippen molar-refractivity contribution in [1.29, 1.82) is 0 Å². The average molecular weight is 282 g/mol. The van der Waals surface area contributed by atoms with Crippen molar-refractivity contribution in [3.05, 3.63) is 34.4 Å². The van der Waals surface area contributed by atoms with E-state index in [-0.39, 0.29) is 0 Å². The Balaban J connectivity index is 2.66. The van der Waals surface area contributed by atoms with E-state index < -0.39 is 0 Å². The minimum atomic E-state index is 0.467. The molecule has 0 fully saturated rings. The van der Waals surface area contributed by atoms with Gasteiger partial charge in [-0.05, 0) is 32.0 Å². The van der Waals surface area contributed by atoms with Gasteiger partial charge in [0, 0.05) is 40.3 Å². The summed E-state index contributed by atoms with van der Waals surface area (Å²) in [5.74, 6) is 0. The molecule has 1 aromatic carbocycles. The summed E-state index contributed by atoms with van der Waals surface area (Å²) < 4.78 is 8.64. The molecule has 2 aromatic rings. The van der Waals surface area contributed by atoms with Gasteiger partial charge in [0.1, 0.15) is 0 Å². The Bertz CT molecular complexity index is 502. The lowest BCUT2D eigenvalue weighted by Gasteiger charge is -2.08. The Morgan fingerprint density at radius 2 is 2.12 bits per heavy atom. The van der Waals surface area contributed by atoms with Crippen LogP contribution in [0.2, 0.25) is 0 Å². The summed E-state index contributed by atoms with van der Waals surface area (Å²) in [5, 5.41) is 1.27. The van der Waals surface area contributed by atoms with E-state index in [1.807, 2.05) is 0 Å². The molecule has 16 heavy (non-hydrogen) atoms. The summed E-state index contributed by atoms with van der Waals surface area (Å²) in [6.45, 7) is 5.04. The van der Waals surface area contributed by atoms with Crippen molar-refractivity contribution in [2.24, 2.45) is 0 Å². The fraction of sp³-hybridized carbons (Fsp3) is 0.385. The van der Waals surface area contributed by atoms with Crippen LogP contribution in [-0.4, -0.2) is 11.7 Å². The van der Waals surface area contributed by atoms with E-state index in [2.05, 4.69) is 58.7 Å². The van der Waals surface area contributed by atoms with Gasteiger partial charge in [-0.3, -0.25) is 0 Å². The average Bonchev–Trinajstić information content (AvgIpc) is 2.58. The van der Waals surface area contributed by atoms with Gasteiger partial charge in [-0.1, -0.05) is 15.9 Å². The fourth-order valence-corrected chi connectivity index (χ4v) is 2.36. The van der Waals surface area contributed by atoms with Gasteiger partial charge in [0.15, 0.2) is 0 Å². The highest BCUT2D eigenvalue weighted by molar-refractivity contribution is 9.10. The van der Waals surface area contributed by atoms with E-state index in [1.165, 1.54) is 16.5 Å². The van der Waals surface area contributed by atoms with Gasteiger partial charge in [0.05, 0.1) is 6.61 Å². The van der Waals surface area contributed by atoms with Crippen molar-refractivity contribution in [1.82, 2.24) is 4.57 Å². The maximum absolute atomic E-state index is 5.24. The Labute approximate surface area is 104 Å². The summed E-state index contributed by atoms with van der Waals surface area (Å²) in [7, 11) is 1.73. The quantitative estimate of drug-likeness (QED) is 0.825. The lowest BCUT2D eigenvalue weighted by atomic mass is 10.2. The van der Waals surface area contributed by atoms with Crippen LogP contribution in [0.25, 0.3) is 10.9 Å². The molecule has 0 atom stereocenters. The first-order valence-corrected chi connectivity index (χ1v) is 6.20. The van der Waals surface area contributed by atoms with Gasteiger partial charge in [-0.25, -0.2) is 0 Å². The number of methoxy groups -OCH3 is 1. The van der Waals surface area contributed by atoms with Crippen LogP contribution in [0.4, 0.5) is 0 Å². The molecule has 0 aliphatic carbocycles. The van der Waals surface area contributed by atoms with E-state index in [0.717, 1.165) is 4.47 Å². The summed E-state index contributed by atoms with van der Waals surface area (Å²) in [4.78, 5) is 0. The standard InChI is InChI=1S/C13H16BrNO/c1-9(2)15-7-10(8-16-3)12-6-11(14)4-5-13(12)15/h4-7,9H,8H2,1-3H3. The summed E-state index contributed by atoms with van der Waals surface area (Å²) in [6.07, 6.45) is 2.19. The van der Waals surface area contributed by atoms with Crippen LogP contribution < -0.4 is 0 Å². The molecule has 0 amide bonds. The Morgan fingerprint density at radius 3 is 2.75 bits per heavy atom. The highest BCUT2D eigenvalue weighted by Gasteiger charge is 2.10. The molecule has 0 aliphatic heterocycles. The summed E-state index contributed by atoms with van der Waals surface area (Å²) >= 11 is 3.51. The maximum atomic E-state index is 5.24. The minimum absolute atomic E-state index is 0.467. The van der Waals surface area contributed by atoms with Crippen molar-refractivity contribution in [2.75, 3.05) is 7.11 Å². The van der Waals surface area contributed by atoms with Gasteiger partial charge < -0.3 is 9.30 Å². The predicted octanol–water partition coefficient (Wildman–Crippen LogP) is 4.13. The van der Waals surface area contributed by atoms with Crippen LogP contribution in [0, 0.1) is 0 Å². The normalized spacial score (nSPS) is 11.6. The Morgan fingerprint density at radius 1 is 1.38 bits per heavy atom. The third-order valence-corrected chi connectivity index (χ3v) is 3.23. The highest BCUT2D eigenvalue weighted by Crippen LogP contribution is 2.28. The highest BCUT2D eigenvalue weighted by atomic mass is 79.9. The van der Waals surface area contributed by atoms with Gasteiger partial charge in [-0.15, -0.1) is 0 Å². The minimum Gasteiger partial charge on any atom is -0.380 e. The van der Waals surface area contributed by atoms with E-state index in [0.29, 0.717) is 12.6 Å². The zero-order valence-electron chi connectivity index (χ0n) is 9.83. The monoisotopic (exact) mass is 281 g/mol. The van der Waals surface area contributed by atoms with E-state index in [1.54, 1.807) is 7.11 Å². The van der Waals surface area contributed by atoms with E-state index in [9.17, 15) is 0 Å². The fourth-order valence-electron chi connectivity index (χ4n) is 2.00. The molecule has 0 bridgehead atoms. The molecule has 0 spiro atoms. The summed E-state index contributed by atoms with van der Waals surface area (Å²) in [6, 6.07) is 6.85. The second-order valence-electron chi connectivity index (χ2n) is 4.25. The SMILES string of the molecule is COCc1cn(C(C)C)c2ccc(Br)cc12. The maximum Gasteiger partial charge on any atom is 0.0733 e. The summed E-state index contributed by atoms with van der Waals surface area (Å²) in [5.41, 5.74) is 2.51. The van der Waals surface area contributed by atoms with Gasteiger partial charge in [0.2, 0.25) is 0 Å². The van der Waals surface area contributed by atoms with Crippen LogP contribution in [0.5, 0.6) is 0 Å². The largest absolute Gasteiger partial charge is 0.380 e. The number of nitrogens with zero attached hydrogens (tertiary/aromatic N) is 1.